The fourth-order valence-corrected chi connectivity index (χ4v) is 7.24. The van der Waals surface area contributed by atoms with Crippen LogP contribution in [0.3, 0.4) is 0 Å². The van der Waals surface area contributed by atoms with Crippen LogP contribution in [0.15, 0.2) is 180 Å². The first kappa shape index (κ1) is 28.3. The Hall–Kier alpha value is -6.78. The van der Waals surface area contributed by atoms with Gasteiger partial charge in [0.2, 0.25) is 0 Å². The van der Waals surface area contributed by atoms with Gasteiger partial charge in [-0.1, -0.05) is 133 Å². The summed E-state index contributed by atoms with van der Waals surface area (Å²) in [5, 5.41) is 3.46. The molecule has 3 aromatic heterocycles. The van der Waals surface area contributed by atoms with Crippen molar-refractivity contribution in [2.24, 2.45) is 0 Å². The Balaban J connectivity index is 1.16. The van der Waals surface area contributed by atoms with Crippen molar-refractivity contribution in [2.75, 3.05) is 0 Å². The second-order valence-electron chi connectivity index (χ2n) is 12.6. The second kappa shape index (κ2) is 11.4. The van der Waals surface area contributed by atoms with E-state index in [-0.39, 0.29) is 0 Å². The largest absolute Gasteiger partial charge is 0.452 e. The third-order valence-corrected chi connectivity index (χ3v) is 9.61. The van der Waals surface area contributed by atoms with Gasteiger partial charge < -0.3 is 8.98 Å². The molecule has 234 valence electrons. The minimum Gasteiger partial charge on any atom is -0.452 e. The first-order valence-corrected chi connectivity index (χ1v) is 16.8. The molecule has 0 radical (unpaired) electrons. The van der Waals surface area contributed by atoms with Crippen LogP contribution in [0.4, 0.5) is 0 Å². The van der Waals surface area contributed by atoms with Crippen LogP contribution < -0.4 is 0 Å². The van der Waals surface area contributed by atoms with Gasteiger partial charge in [-0.05, 0) is 64.7 Å². The Morgan fingerprint density at radius 2 is 0.980 bits per heavy atom. The number of benzene rings is 7. The molecule has 0 fully saturated rings. The predicted molar refractivity (Wildman–Crippen MR) is 205 cm³/mol. The van der Waals surface area contributed by atoms with Crippen molar-refractivity contribution in [2.45, 2.75) is 0 Å². The molecule has 7 aromatic carbocycles. The third kappa shape index (κ3) is 4.61. The zero-order chi connectivity index (χ0) is 33.0. The van der Waals surface area contributed by atoms with E-state index in [0.717, 1.165) is 61.2 Å². The molecule has 0 spiro atoms. The van der Waals surface area contributed by atoms with E-state index < -0.39 is 0 Å². The maximum atomic E-state index is 6.62. The summed E-state index contributed by atoms with van der Waals surface area (Å²) in [4.78, 5) is 10.3. The van der Waals surface area contributed by atoms with Crippen LogP contribution in [0.25, 0.3) is 94.5 Å². The predicted octanol–water partition coefficient (Wildman–Crippen LogP) is 12.1. The first-order valence-electron chi connectivity index (χ1n) is 16.8. The topological polar surface area (TPSA) is 43.9 Å². The number of hydrogen-bond donors (Lipinski definition) is 0. The molecule has 10 aromatic rings. The number of hydrogen-bond acceptors (Lipinski definition) is 3. The van der Waals surface area contributed by atoms with Crippen molar-refractivity contribution in [1.29, 1.82) is 0 Å². The number of nitrogens with zero attached hydrogens (tertiary/aromatic N) is 3. The molecule has 10 rings (SSSR count). The molecule has 0 aliphatic rings. The fraction of sp³-hybridized carbons (Fsp3) is 0. The van der Waals surface area contributed by atoms with Crippen LogP contribution in [0.1, 0.15) is 0 Å². The van der Waals surface area contributed by atoms with Crippen molar-refractivity contribution in [3.63, 3.8) is 0 Å². The molecule has 4 heteroatoms. The number of fused-ring (bicyclic) bond motifs is 6. The minimum atomic E-state index is 0.666. The monoisotopic (exact) mass is 639 g/mol. The molecule has 0 aliphatic carbocycles. The van der Waals surface area contributed by atoms with Gasteiger partial charge in [-0.15, -0.1) is 0 Å². The van der Waals surface area contributed by atoms with Crippen LogP contribution in [0.2, 0.25) is 0 Å². The number of aromatic nitrogens is 3. The van der Waals surface area contributed by atoms with Gasteiger partial charge in [0.05, 0.1) is 11.0 Å². The zero-order valence-corrected chi connectivity index (χ0v) is 27.0. The first-order chi connectivity index (χ1) is 24.8. The minimum absolute atomic E-state index is 0.666. The zero-order valence-electron chi connectivity index (χ0n) is 27.0. The van der Waals surface area contributed by atoms with E-state index >= 15 is 0 Å². The highest BCUT2D eigenvalue weighted by molar-refractivity contribution is 6.10. The lowest BCUT2D eigenvalue weighted by Crippen LogP contribution is -1.94. The Morgan fingerprint density at radius 3 is 1.72 bits per heavy atom. The Kier molecular flexibility index (Phi) is 6.46. The highest BCUT2D eigenvalue weighted by Crippen LogP contribution is 2.39. The van der Waals surface area contributed by atoms with Gasteiger partial charge in [0.25, 0.3) is 0 Å². The van der Waals surface area contributed by atoms with E-state index in [0.29, 0.717) is 11.4 Å². The van der Waals surface area contributed by atoms with Gasteiger partial charge in [-0.2, -0.15) is 0 Å². The maximum absolute atomic E-state index is 6.62. The summed E-state index contributed by atoms with van der Waals surface area (Å²) < 4.78 is 8.97. The molecular formula is C46H29N3O. The maximum Gasteiger partial charge on any atom is 0.180 e. The van der Waals surface area contributed by atoms with Crippen molar-refractivity contribution in [3.05, 3.63) is 176 Å². The molecule has 3 heterocycles. The fourth-order valence-electron chi connectivity index (χ4n) is 7.24. The van der Waals surface area contributed by atoms with Crippen molar-refractivity contribution in [3.8, 4) is 50.6 Å². The van der Waals surface area contributed by atoms with Crippen molar-refractivity contribution in [1.82, 2.24) is 14.5 Å². The standard InChI is InChI=1S/C46H29N3O/c1-3-13-30(14-4-1)32-17-11-19-35(27-32)43-45-44(48-46(47-43)31-15-5-2-6-16-31)39-29-34(25-26-42(39)50-45)33-18-12-20-36(28-33)49-40-23-9-7-21-37(40)38-22-8-10-24-41(38)49/h1-29H. The molecule has 0 aliphatic heterocycles. The van der Waals surface area contributed by atoms with E-state index in [9.17, 15) is 0 Å². The lowest BCUT2D eigenvalue weighted by Gasteiger charge is -2.10. The molecule has 0 saturated heterocycles. The average molecular weight is 640 g/mol. The molecule has 0 unspecified atom stereocenters. The van der Waals surface area contributed by atoms with Crippen LogP contribution in [-0.4, -0.2) is 14.5 Å². The summed E-state index contributed by atoms with van der Waals surface area (Å²) in [6, 6.07) is 61.5. The smallest absolute Gasteiger partial charge is 0.180 e. The van der Waals surface area contributed by atoms with Crippen LogP contribution in [0, 0.1) is 0 Å². The summed E-state index contributed by atoms with van der Waals surface area (Å²) in [5.74, 6) is 0.666. The van der Waals surface area contributed by atoms with Crippen molar-refractivity contribution < 1.29 is 4.42 Å². The van der Waals surface area contributed by atoms with Crippen LogP contribution in [-0.2, 0) is 0 Å². The number of para-hydroxylation sites is 2. The van der Waals surface area contributed by atoms with Crippen molar-refractivity contribution >= 4 is 43.9 Å². The van der Waals surface area contributed by atoms with Gasteiger partial charge in [0, 0.05) is 33.0 Å². The van der Waals surface area contributed by atoms with Crippen LogP contribution >= 0.6 is 0 Å². The van der Waals surface area contributed by atoms with E-state index in [1.54, 1.807) is 0 Å². The molecular weight excluding hydrogens is 611 g/mol. The highest BCUT2D eigenvalue weighted by atomic mass is 16.3. The molecule has 0 amide bonds. The third-order valence-electron chi connectivity index (χ3n) is 9.61. The van der Waals surface area contributed by atoms with Gasteiger partial charge in [0.15, 0.2) is 11.4 Å². The molecule has 50 heavy (non-hydrogen) atoms. The van der Waals surface area contributed by atoms with Gasteiger partial charge in [-0.3, -0.25) is 0 Å². The average Bonchev–Trinajstić information content (AvgIpc) is 3.74. The number of furan rings is 1. The lowest BCUT2D eigenvalue weighted by atomic mass is 10.0. The van der Waals surface area contributed by atoms with E-state index in [4.69, 9.17) is 14.4 Å². The summed E-state index contributed by atoms with van der Waals surface area (Å²) in [5.41, 5.74) is 13.0. The van der Waals surface area contributed by atoms with E-state index in [1.807, 2.05) is 24.3 Å². The highest BCUT2D eigenvalue weighted by Gasteiger charge is 2.20. The van der Waals surface area contributed by atoms with E-state index in [2.05, 4.69) is 156 Å². The second-order valence-corrected chi connectivity index (χ2v) is 12.6. The SMILES string of the molecule is c1ccc(-c2cccc(-c3nc(-c4ccccc4)nc4c3oc3ccc(-c5cccc(-n6c7ccccc7c7ccccc76)c5)cc34)c2)cc1. The van der Waals surface area contributed by atoms with E-state index in [1.165, 1.54) is 21.8 Å². The quantitative estimate of drug-likeness (QED) is 0.188. The van der Waals surface area contributed by atoms with Gasteiger partial charge in [0.1, 0.15) is 16.8 Å². The summed E-state index contributed by atoms with van der Waals surface area (Å²) in [6.45, 7) is 0. The molecule has 0 bridgehead atoms. The lowest BCUT2D eigenvalue weighted by molar-refractivity contribution is 0.667. The Bertz CT molecular complexity index is 2810. The normalized spacial score (nSPS) is 11.6. The van der Waals surface area contributed by atoms with Gasteiger partial charge >= 0.3 is 0 Å². The summed E-state index contributed by atoms with van der Waals surface area (Å²) >= 11 is 0. The van der Waals surface area contributed by atoms with Gasteiger partial charge in [-0.25, -0.2) is 9.97 Å². The van der Waals surface area contributed by atoms with Crippen LogP contribution in [0.5, 0.6) is 0 Å². The molecule has 0 N–H and O–H groups in total. The molecule has 0 atom stereocenters. The Morgan fingerprint density at radius 1 is 0.400 bits per heavy atom. The Labute approximate surface area is 288 Å². The molecule has 0 saturated carbocycles. The summed E-state index contributed by atoms with van der Waals surface area (Å²) in [6.07, 6.45) is 0. The molecule has 4 nitrogen and oxygen atoms in total. The number of rotatable bonds is 5. The summed E-state index contributed by atoms with van der Waals surface area (Å²) in [7, 11) is 0.